The molecular formula is C19H24N2O2. The van der Waals surface area contributed by atoms with Gasteiger partial charge in [0.1, 0.15) is 0 Å². The number of nitrogens with zero attached hydrogens (tertiary/aromatic N) is 1. The molecule has 2 aromatic rings. The van der Waals surface area contributed by atoms with Crippen molar-refractivity contribution in [3.8, 4) is 0 Å². The molecule has 1 aliphatic heterocycles. The van der Waals surface area contributed by atoms with Crippen molar-refractivity contribution >= 4 is 11.6 Å². The van der Waals surface area contributed by atoms with Crippen LogP contribution in [0.5, 0.6) is 0 Å². The van der Waals surface area contributed by atoms with Crippen molar-refractivity contribution in [2.45, 2.75) is 32.6 Å². The molecule has 0 radical (unpaired) electrons. The zero-order chi connectivity index (χ0) is 16.1. The number of hydrogen-bond acceptors (Lipinski definition) is 3. The quantitative estimate of drug-likeness (QED) is 0.889. The van der Waals surface area contributed by atoms with Crippen molar-refractivity contribution in [2.24, 2.45) is 0 Å². The lowest BCUT2D eigenvalue weighted by Gasteiger charge is -2.31. The standard InChI is InChI=1S/C19H24N2O2/c1-2-11-21-12-3-5-16-14-15(7-8-17(16)21)9-10-20-19(22)18-6-4-13-23-18/h4,6-8,13-14H,2-3,5,9-12H2,1H3,(H,20,22). The summed E-state index contributed by atoms with van der Waals surface area (Å²) in [7, 11) is 0. The Morgan fingerprint density at radius 3 is 3.04 bits per heavy atom. The number of aryl methyl sites for hydroxylation is 1. The molecule has 4 heteroatoms. The van der Waals surface area contributed by atoms with Gasteiger partial charge in [0, 0.05) is 25.3 Å². The van der Waals surface area contributed by atoms with Crippen LogP contribution in [0.3, 0.4) is 0 Å². The molecule has 122 valence electrons. The average molecular weight is 312 g/mol. The van der Waals surface area contributed by atoms with Crippen molar-refractivity contribution in [3.63, 3.8) is 0 Å². The third-order valence-electron chi connectivity index (χ3n) is 4.30. The Morgan fingerprint density at radius 2 is 2.26 bits per heavy atom. The van der Waals surface area contributed by atoms with Gasteiger partial charge >= 0.3 is 0 Å². The van der Waals surface area contributed by atoms with Gasteiger partial charge in [-0.25, -0.2) is 0 Å². The largest absolute Gasteiger partial charge is 0.459 e. The Labute approximate surface area is 137 Å². The molecule has 4 nitrogen and oxygen atoms in total. The van der Waals surface area contributed by atoms with E-state index in [1.54, 1.807) is 12.1 Å². The number of carbonyl (C=O) groups excluding carboxylic acids is 1. The minimum absolute atomic E-state index is 0.151. The van der Waals surface area contributed by atoms with Crippen LogP contribution in [-0.2, 0) is 12.8 Å². The van der Waals surface area contributed by atoms with E-state index in [1.165, 1.54) is 42.5 Å². The number of hydrogen-bond donors (Lipinski definition) is 1. The lowest BCUT2D eigenvalue weighted by Crippen LogP contribution is -2.30. The summed E-state index contributed by atoms with van der Waals surface area (Å²) in [5.41, 5.74) is 4.11. The van der Waals surface area contributed by atoms with E-state index in [-0.39, 0.29) is 5.91 Å². The highest BCUT2D eigenvalue weighted by Crippen LogP contribution is 2.28. The van der Waals surface area contributed by atoms with Gasteiger partial charge in [0.2, 0.25) is 0 Å². The van der Waals surface area contributed by atoms with Crippen LogP contribution >= 0.6 is 0 Å². The van der Waals surface area contributed by atoms with Crippen molar-refractivity contribution < 1.29 is 9.21 Å². The summed E-state index contributed by atoms with van der Waals surface area (Å²) < 4.78 is 5.09. The molecule has 23 heavy (non-hydrogen) atoms. The van der Waals surface area contributed by atoms with Crippen LogP contribution in [-0.4, -0.2) is 25.5 Å². The number of anilines is 1. The Bertz CT molecular complexity index is 649. The van der Waals surface area contributed by atoms with Crippen LogP contribution in [0.25, 0.3) is 0 Å². The van der Waals surface area contributed by atoms with Gasteiger partial charge in [-0.2, -0.15) is 0 Å². The fraction of sp³-hybridized carbons (Fsp3) is 0.421. The van der Waals surface area contributed by atoms with Crippen LogP contribution in [0.1, 0.15) is 41.4 Å². The Morgan fingerprint density at radius 1 is 1.35 bits per heavy atom. The van der Waals surface area contributed by atoms with E-state index >= 15 is 0 Å². The highest BCUT2D eigenvalue weighted by atomic mass is 16.3. The predicted molar refractivity (Wildman–Crippen MR) is 92.0 cm³/mol. The molecule has 0 bridgehead atoms. The average Bonchev–Trinajstić information content (AvgIpc) is 3.10. The van der Waals surface area contributed by atoms with Gasteiger partial charge in [0.15, 0.2) is 5.76 Å². The Hall–Kier alpha value is -2.23. The summed E-state index contributed by atoms with van der Waals surface area (Å²) in [4.78, 5) is 14.3. The molecule has 0 unspecified atom stereocenters. The maximum atomic E-state index is 11.8. The molecule has 0 fully saturated rings. The highest BCUT2D eigenvalue weighted by molar-refractivity contribution is 5.91. The lowest BCUT2D eigenvalue weighted by molar-refractivity contribution is 0.0926. The fourth-order valence-electron chi connectivity index (χ4n) is 3.20. The predicted octanol–water partition coefficient (Wildman–Crippen LogP) is 3.41. The van der Waals surface area contributed by atoms with Crippen molar-refractivity contribution in [3.05, 3.63) is 53.5 Å². The molecule has 0 spiro atoms. The maximum absolute atomic E-state index is 11.8. The first-order valence-electron chi connectivity index (χ1n) is 8.46. The molecule has 0 saturated heterocycles. The molecule has 1 aliphatic rings. The van der Waals surface area contributed by atoms with E-state index in [9.17, 15) is 4.79 Å². The third-order valence-corrected chi connectivity index (χ3v) is 4.30. The molecule has 0 saturated carbocycles. The van der Waals surface area contributed by atoms with Gasteiger partial charge in [-0.05, 0) is 55.0 Å². The van der Waals surface area contributed by atoms with Gasteiger partial charge < -0.3 is 14.6 Å². The van der Waals surface area contributed by atoms with E-state index in [0.29, 0.717) is 12.3 Å². The van der Waals surface area contributed by atoms with Crippen molar-refractivity contribution in [2.75, 3.05) is 24.5 Å². The molecule has 3 rings (SSSR count). The minimum Gasteiger partial charge on any atom is -0.459 e. The summed E-state index contributed by atoms with van der Waals surface area (Å²) in [5.74, 6) is 0.215. The Kier molecular flexibility index (Phi) is 5.01. The number of furan rings is 1. The molecule has 2 heterocycles. The first-order valence-corrected chi connectivity index (χ1v) is 8.46. The van der Waals surface area contributed by atoms with Crippen LogP contribution < -0.4 is 10.2 Å². The smallest absolute Gasteiger partial charge is 0.286 e. The number of nitrogens with one attached hydrogen (secondary N) is 1. The Balaban J connectivity index is 1.58. The molecular weight excluding hydrogens is 288 g/mol. The summed E-state index contributed by atoms with van der Waals surface area (Å²) in [6.45, 7) is 5.15. The summed E-state index contributed by atoms with van der Waals surface area (Å²) in [6, 6.07) is 10.1. The van der Waals surface area contributed by atoms with Gasteiger partial charge in [-0.1, -0.05) is 19.1 Å². The number of amides is 1. The zero-order valence-electron chi connectivity index (χ0n) is 13.7. The van der Waals surface area contributed by atoms with E-state index in [1.807, 2.05) is 0 Å². The van der Waals surface area contributed by atoms with Crippen LogP contribution in [0, 0.1) is 0 Å². The minimum atomic E-state index is -0.151. The summed E-state index contributed by atoms with van der Waals surface area (Å²) >= 11 is 0. The van der Waals surface area contributed by atoms with Gasteiger partial charge in [-0.3, -0.25) is 4.79 Å². The van der Waals surface area contributed by atoms with E-state index < -0.39 is 0 Å². The van der Waals surface area contributed by atoms with E-state index in [0.717, 1.165) is 19.4 Å². The topological polar surface area (TPSA) is 45.5 Å². The summed E-state index contributed by atoms with van der Waals surface area (Å²) in [5, 5.41) is 2.90. The highest BCUT2D eigenvalue weighted by Gasteiger charge is 2.16. The summed E-state index contributed by atoms with van der Waals surface area (Å²) in [6.07, 6.45) is 5.92. The molecule has 1 N–H and O–H groups in total. The van der Waals surface area contributed by atoms with Crippen molar-refractivity contribution in [1.82, 2.24) is 5.32 Å². The number of benzene rings is 1. The number of carbonyl (C=O) groups is 1. The van der Waals surface area contributed by atoms with E-state index in [2.05, 4.69) is 35.3 Å². The van der Waals surface area contributed by atoms with Crippen LogP contribution in [0.4, 0.5) is 5.69 Å². The molecule has 1 amide bonds. The molecule has 1 aromatic heterocycles. The first kappa shape index (κ1) is 15.7. The first-order chi connectivity index (χ1) is 11.3. The van der Waals surface area contributed by atoms with Crippen LogP contribution in [0.15, 0.2) is 41.0 Å². The van der Waals surface area contributed by atoms with Crippen LogP contribution in [0.2, 0.25) is 0 Å². The fourth-order valence-corrected chi connectivity index (χ4v) is 3.20. The second kappa shape index (κ2) is 7.36. The number of fused-ring (bicyclic) bond motifs is 1. The lowest BCUT2D eigenvalue weighted by atomic mass is 9.98. The normalized spacial score (nSPS) is 13.7. The molecule has 0 aliphatic carbocycles. The maximum Gasteiger partial charge on any atom is 0.286 e. The van der Waals surface area contributed by atoms with Gasteiger partial charge in [0.05, 0.1) is 6.26 Å². The molecule has 1 aromatic carbocycles. The van der Waals surface area contributed by atoms with Gasteiger partial charge in [-0.15, -0.1) is 0 Å². The second-order valence-electron chi connectivity index (χ2n) is 6.04. The van der Waals surface area contributed by atoms with Crippen molar-refractivity contribution in [1.29, 1.82) is 0 Å². The molecule has 0 atom stereocenters. The monoisotopic (exact) mass is 312 g/mol. The SMILES string of the molecule is CCCN1CCCc2cc(CCNC(=O)c3ccco3)ccc21. The third kappa shape index (κ3) is 3.76. The van der Waals surface area contributed by atoms with E-state index in [4.69, 9.17) is 4.42 Å². The number of rotatable bonds is 6. The van der Waals surface area contributed by atoms with Gasteiger partial charge in [0.25, 0.3) is 5.91 Å². The second-order valence-corrected chi connectivity index (χ2v) is 6.04. The zero-order valence-corrected chi connectivity index (χ0v) is 13.7.